The van der Waals surface area contributed by atoms with E-state index in [2.05, 4.69) is 11.3 Å². The molecule has 2 saturated heterocycles. The fourth-order valence-corrected chi connectivity index (χ4v) is 9.94. The summed E-state index contributed by atoms with van der Waals surface area (Å²) in [4.78, 5) is 96.4. The first-order chi connectivity index (χ1) is 37.1. The first kappa shape index (κ1) is 64.5. The van der Waals surface area contributed by atoms with Crippen LogP contribution in [0.3, 0.4) is 0 Å². The van der Waals surface area contributed by atoms with E-state index >= 15 is 0 Å². The van der Waals surface area contributed by atoms with Crippen LogP contribution in [-0.4, -0.2) is 140 Å². The minimum atomic E-state index is -2.49. The number of amides is 1. The van der Waals surface area contributed by atoms with E-state index in [0.29, 0.717) is 56.1 Å². The van der Waals surface area contributed by atoms with Crippen LogP contribution in [0.4, 0.5) is 9.59 Å². The van der Waals surface area contributed by atoms with Crippen LogP contribution in [0.1, 0.15) is 118 Å². The lowest BCUT2D eigenvalue weighted by atomic mass is 9.85. The van der Waals surface area contributed by atoms with Crippen molar-refractivity contribution >= 4 is 41.5 Å². The zero-order valence-corrected chi connectivity index (χ0v) is 47.1. The molecule has 12 atom stereocenters. The lowest BCUT2D eigenvalue weighted by molar-refractivity contribution is -0.265. The predicted octanol–water partition coefficient (Wildman–Crippen LogP) is 8.46. The number of benzene rings is 1. The highest BCUT2D eigenvalue weighted by atomic mass is 16.7. The molecule has 0 saturated carbocycles. The molecule has 0 spiro atoms. The van der Waals surface area contributed by atoms with Crippen LogP contribution in [0.2, 0.25) is 0 Å². The monoisotopic (exact) mass is 1090 g/mol. The number of carbonyl (C=O) groups is 7. The molecule has 0 unspecified atom stereocenters. The van der Waals surface area contributed by atoms with E-state index in [1.54, 1.807) is 59.9 Å². The van der Waals surface area contributed by atoms with Crippen LogP contribution in [0.15, 0.2) is 78.6 Å². The van der Waals surface area contributed by atoms with Crippen molar-refractivity contribution in [2.24, 2.45) is 29.6 Å². The minimum Gasteiger partial charge on any atom is -0.493 e. The van der Waals surface area contributed by atoms with Gasteiger partial charge in [0.25, 0.3) is 11.7 Å². The SMILES string of the molecule is C=COC(=O)OCCCCOC(=O)Oc1ccc(C[C@@H](C)[C@@H]2CC(=O)[C@H](C)/C=C(\C)[C@@H](O)[C@@H](OC)C(=O)[C@H](C)C[C@H](C)/C=C/C=C/C=C(\C)[C@@H](OC)C[C@@H]3CC[C@@H](C)[C@@](O)(O3)C(=O)C(=O)N3CCCC[C@H]3C(=O)O2)cc1OC. The van der Waals surface area contributed by atoms with Crippen molar-refractivity contribution in [2.45, 2.75) is 161 Å². The third-order valence-electron chi connectivity index (χ3n) is 14.7. The molecule has 4 rings (SSSR count). The number of carbonyl (C=O) groups excluding carboxylic acids is 7. The van der Waals surface area contributed by atoms with Crippen LogP contribution in [0.25, 0.3) is 0 Å². The first-order valence-electron chi connectivity index (χ1n) is 27.0. The van der Waals surface area contributed by atoms with Crippen molar-refractivity contribution in [2.75, 3.05) is 41.1 Å². The number of fused-ring (bicyclic) bond motifs is 3. The van der Waals surface area contributed by atoms with E-state index in [0.717, 1.165) is 16.7 Å². The Balaban J connectivity index is 1.66. The second-order valence-electron chi connectivity index (χ2n) is 20.8. The van der Waals surface area contributed by atoms with Gasteiger partial charge >= 0.3 is 18.3 Å². The highest BCUT2D eigenvalue weighted by molar-refractivity contribution is 6.39. The zero-order chi connectivity index (χ0) is 57.7. The Labute approximate surface area is 459 Å². The van der Waals surface area contributed by atoms with Crippen molar-refractivity contribution in [1.82, 2.24) is 4.90 Å². The lowest BCUT2D eigenvalue weighted by Crippen LogP contribution is -2.61. The Kier molecular flexibility index (Phi) is 26.1. The number of ether oxygens (including phenoxy) is 9. The molecule has 19 nitrogen and oxygen atoms in total. The average Bonchev–Trinajstić information content (AvgIpc) is 3.41. The number of aliphatic hydroxyl groups excluding tert-OH is 1. The summed E-state index contributed by atoms with van der Waals surface area (Å²) in [6.45, 7) is 15.6. The molecular weight excluding hydrogens is 1010 g/mol. The van der Waals surface area contributed by atoms with Crippen LogP contribution >= 0.6 is 0 Å². The molecule has 2 N–H and O–H groups in total. The summed E-state index contributed by atoms with van der Waals surface area (Å²) in [6, 6.07) is 3.56. The van der Waals surface area contributed by atoms with E-state index in [4.69, 9.17) is 37.9 Å². The maximum Gasteiger partial charge on any atom is 0.513 e. The van der Waals surface area contributed by atoms with Gasteiger partial charge in [0.05, 0.1) is 38.8 Å². The summed E-state index contributed by atoms with van der Waals surface area (Å²) in [5, 5.41) is 23.5. The molecule has 3 aliphatic rings. The van der Waals surface area contributed by atoms with Gasteiger partial charge in [-0.05, 0) is 112 Å². The van der Waals surface area contributed by atoms with Crippen molar-refractivity contribution < 1.29 is 86.4 Å². The quantitative estimate of drug-likeness (QED) is 0.0358. The third kappa shape index (κ3) is 18.6. The van der Waals surface area contributed by atoms with Crippen LogP contribution in [0.5, 0.6) is 11.5 Å². The number of unbranched alkanes of at least 4 members (excludes halogenated alkanes) is 1. The Bertz CT molecular complexity index is 2360. The molecule has 78 heavy (non-hydrogen) atoms. The highest BCUT2D eigenvalue weighted by Gasteiger charge is 2.53. The van der Waals surface area contributed by atoms with E-state index < -0.39 is 96.0 Å². The number of aliphatic hydroxyl groups is 2. The maximum atomic E-state index is 14.6. The van der Waals surface area contributed by atoms with Gasteiger partial charge in [0.1, 0.15) is 30.1 Å². The molecule has 19 heteroatoms. The molecule has 0 radical (unpaired) electrons. The minimum absolute atomic E-state index is 0.0192. The van der Waals surface area contributed by atoms with Crippen molar-refractivity contribution in [3.05, 3.63) is 84.2 Å². The Morgan fingerprint density at radius 3 is 2.26 bits per heavy atom. The molecule has 3 aliphatic heterocycles. The summed E-state index contributed by atoms with van der Waals surface area (Å²) in [7, 11) is 4.29. The number of rotatable bonds is 13. The van der Waals surface area contributed by atoms with Crippen molar-refractivity contribution in [1.29, 1.82) is 0 Å². The highest BCUT2D eigenvalue weighted by Crippen LogP contribution is 2.37. The largest absolute Gasteiger partial charge is 0.513 e. The topological polar surface area (TPSA) is 246 Å². The number of hydrogen-bond donors (Lipinski definition) is 2. The van der Waals surface area contributed by atoms with Crippen molar-refractivity contribution in [3.8, 4) is 11.5 Å². The van der Waals surface area contributed by atoms with Gasteiger partial charge < -0.3 is 57.7 Å². The lowest BCUT2D eigenvalue weighted by Gasteiger charge is -2.42. The molecule has 0 aliphatic carbocycles. The number of esters is 1. The van der Waals surface area contributed by atoms with Gasteiger partial charge in [-0.1, -0.05) is 83.7 Å². The maximum absolute atomic E-state index is 14.6. The van der Waals surface area contributed by atoms with Crippen molar-refractivity contribution in [3.63, 3.8) is 0 Å². The second-order valence-corrected chi connectivity index (χ2v) is 20.8. The van der Waals surface area contributed by atoms with Crippen LogP contribution in [0, 0.1) is 29.6 Å². The third-order valence-corrected chi connectivity index (χ3v) is 14.7. The average molecular weight is 1090 g/mol. The summed E-state index contributed by atoms with van der Waals surface area (Å²) in [5.41, 5.74) is 1.82. The Hall–Kier alpha value is -5.99. The normalized spacial score (nSPS) is 31.2. The second kappa shape index (κ2) is 31.6. The molecule has 1 amide bonds. The fourth-order valence-electron chi connectivity index (χ4n) is 9.94. The molecule has 0 aromatic heterocycles. The molecule has 1 aromatic rings. The standard InChI is InChI=1S/C59H83NO18/c1-12-73-57(67)74-28-18-19-29-75-58(68)77-47-26-24-43(33-50(47)71-10)32-39(5)49-35-46(61)38(4)31-41(7)52(63)53(72-11)51(62)40(6)30-36(2)20-14-13-15-21-37(3)48(70-9)34-44-25-23-42(8)59(69,78-44)54(64)55(65)60-27-17-16-22-45(60)56(66)76-49/h12-15,20-21,24,26,31,33,36,38-40,42,44-45,48-49,52-53,63,69H,1,16-19,22-23,25,27-30,32,34-35H2,2-11H3/b15-13+,20-14+,37-21+,41-31+/t36-,38-,39-,40-,42-,44+,45+,48+,49+,52-,53+,59-/m1/s1. The van der Waals surface area contributed by atoms with E-state index in [1.807, 2.05) is 44.2 Å². The van der Waals surface area contributed by atoms with Gasteiger partial charge in [-0.25, -0.2) is 14.4 Å². The Morgan fingerprint density at radius 2 is 1.59 bits per heavy atom. The predicted molar refractivity (Wildman–Crippen MR) is 287 cm³/mol. The van der Waals surface area contributed by atoms with Gasteiger partial charge in [0.15, 0.2) is 17.3 Å². The van der Waals surface area contributed by atoms with E-state index in [1.165, 1.54) is 20.3 Å². The summed E-state index contributed by atoms with van der Waals surface area (Å²) in [5.74, 6) is -8.75. The number of cyclic esters (lactones) is 1. The molecular formula is C59H83NO18. The molecule has 3 heterocycles. The Morgan fingerprint density at radius 1 is 0.885 bits per heavy atom. The number of allylic oxidation sites excluding steroid dienone is 6. The molecule has 432 valence electrons. The number of ketones is 3. The summed E-state index contributed by atoms with van der Waals surface area (Å²) < 4.78 is 49.3. The molecule has 1 aromatic carbocycles. The van der Waals surface area contributed by atoms with Gasteiger partial charge in [0.2, 0.25) is 5.79 Å². The number of piperidine rings is 1. The zero-order valence-electron chi connectivity index (χ0n) is 47.1. The van der Waals surface area contributed by atoms with Crippen LogP contribution in [-0.2, 0) is 63.6 Å². The fraction of sp³-hybridized carbons (Fsp3) is 0.610. The van der Waals surface area contributed by atoms with E-state index in [-0.39, 0.29) is 74.4 Å². The smallest absolute Gasteiger partial charge is 0.493 e. The van der Waals surface area contributed by atoms with Gasteiger partial charge in [0, 0.05) is 51.4 Å². The summed E-state index contributed by atoms with van der Waals surface area (Å²) in [6.07, 6.45) is 8.64. The van der Waals surface area contributed by atoms with E-state index in [9.17, 15) is 43.8 Å². The number of nitrogens with zero attached hydrogens (tertiary/aromatic N) is 1. The number of Topliss-reactive ketones (excluding diaryl/α,β-unsaturated/α-hetero) is 3. The van der Waals surface area contributed by atoms with Gasteiger partial charge in [-0.2, -0.15) is 0 Å². The number of hydrogen-bond acceptors (Lipinski definition) is 18. The molecule has 2 bridgehead atoms. The number of methoxy groups -OCH3 is 3. The first-order valence-corrected chi connectivity index (χ1v) is 27.0. The van der Waals surface area contributed by atoms with Gasteiger partial charge in [-0.15, -0.1) is 0 Å². The summed E-state index contributed by atoms with van der Waals surface area (Å²) >= 11 is 0. The van der Waals surface area contributed by atoms with Gasteiger partial charge in [-0.3, -0.25) is 19.2 Å². The molecule has 2 fully saturated rings. The van der Waals surface area contributed by atoms with Crippen LogP contribution < -0.4 is 9.47 Å².